The Bertz CT molecular complexity index is 479. The van der Waals surface area contributed by atoms with E-state index in [1.165, 1.54) is 10.5 Å². The number of rotatable bonds is 2. The molecule has 0 aliphatic carbocycles. The number of hydrogen-bond donors (Lipinski definition) is 1. The minimum Gasteiger partial charge on any atom is -0.381 e. The molecular weight excluding hydrogens is 208 g/mol. The van der Waals surface area contributed by atoms with E-state index in [9.17, 15) is 0 Å². The first-order valence-corrected chi connectivity index (χ1v) is 5.80. The molecule has 1 aromatic heterocycles. The van der Waals surface area contributed by atoms with Crippen LogP contribution in [0, 0.1) is 6.92 Å². The van der Waals surface area contributed by atoms with Crippen LogP contribution < -0.4 is 5.73 Å². The lowest BCUT2D eigenvalue weighted by molar-refractivity contribution is 0.435. The van der Waals surface area contributed by atoms with Crippen LogP contribution in [0.2, 0.25) is 0 Å². The summed E-state index contributed by atoms with van der Waals surface area (Å²) in [5.41, 5.74) is 7.80. The van der Waals surface area contributed by atoms with Gasteiger partial charge in [-0.05, 0) is 30.9 Å². The number of nitrogen functional groups attached to an aromatic ring is 1. The molecule has 2 N–H and O–H groups in total. The van der Waals surface area contributed by atoms with Gasteiger partial charge >= 0.3 is 0 Å². The van der Waals surface area contributed by atoms with E-state index in [2.05, 4.69) is 18.1 Å². The lowest BCUT2D eigenvalue weighted by atomic mass is 10.1. The molecule has 0 saturated carbocycles. The highest BCUT2D eigenvalue weighted by Gasteiger charge is 2.09. The molecule has 78 valence electrons. The fraction of sp³-hybridized carbons (Fsp3) is 0.182. The number of thioether (sulfide) groups is 1. The van der Waals surface area contributed by atoms with E-state index in [1.807, 2.05) is 18.4 Å². The average molecular weight is 220 g/mol. The Hall–Kier alpha value is -1.42. The second kappa shape index (κ2) is 3.98. The van der Waals surface area contributed by atoms with Crippen LogP contribution in [-0.2, 0) is 0 Å². The molecule has 2 rings (SSSR count). The summed E-state index contributed by atoms with van der Waals surface area (Å²) in [6.07, 6.45) is 2.04. The third-order valence-corrected chi connectivity index (χ3v) is 2.93. The number of nitrogens with zero attached hydrogens (tertiary/aromatic N) is 1. The van der Waals surface area contributed by atoms with E-state index < -0.39 is 0 Å². The van der Waals surface area contributed by atoms with Crippen molar-refractivity contribution in [2.45, 2.75) is 11.8 Å². The van der Waals surface area contributed by atoms with Gasteiger partial charge in [0.15, 0.2) is 11.6 Å². The van der Waals surface area contributed by atoms with Crippen LogP contribution in [0.25, 0.3) is 11.3 Å². The third kappa shape index (κ3) is 1.99. The Balaban J connectivity index is 2.52. The van der Waals surface area contributed by atoms with Crippen molar-refractivity contribution in [1.29, 1.82) is 0 Å². The monoisotopic (exact) mass is 220 g/mol. The van der Waals surface area contributed by atoms with Gasteiger partial charge in [-0.25, -0.2) is 0 Å². The summed E-state index contributed by atoms with van der Waals surface area (Å²) >= 11 is 1.69. The number of benzene rings is 1. The molecule has 0 bridgehead atoms. The van der Waals surface area contributed by atoms with Crippen LogP contribution in [0.5, 0.6) is 0 Å². The molecule has 4 heteroatoms. The topological polar surface area (TPSA) is 52.0 Å². The van der Waals surface area contributed by atoms with E-state index in [0.717, 1.165) is 11.3 Å². The van der Waals surface area contributed by atoms with Gasteiger partial charge in [0.05, 0.1) is 0 Å². The number of aromatic nitrogens is 1. The average Bonchev–Trinajstić information content (AvgIpc) is 2.64. The fourth-order valence-corrected chi connectivity index (χ4v) is 2.11. The van der Waals surface area contributed by atoms with Crippen LogP contribution in [0.4, 0.5) is 5.82 Å². The molecule has 2 aromatic rings. The van der Waals surface area contributed by atoms with Crippen molar-refractivity contribution in [3.05, 3.63) is 29.8 Å². The summed E-state index contributed by atoms with van der Waals surface area (Å²) in [6.45, 7) is 2.07. The maximum absolute atomic E-state index is 5.53. The molecular formula is C11H12N2OS. The predicted molar refractivity (Wildman–Crippen MR) is 62.9 cm³/mol. The first-order valence-electron chi connectivity index (χ1n) is 4.58. The molecule has 3 nitrogen and oxygen atoms in total. The number of aryl methyl sites for hydroxylation is 1. The molecule has 0 atom stereocenters. The molecule has 0 aliphatic rings. The Morgan fingerprint density at radius 2 is 2.13 bits per heavy atom. The maximum Gasteiger partial charge on any atom is 0.170 e. The van der Waals surface area contributed by atoms with Crippen LogP contribution >= 0.6 is 11.8 Å². The van der Waals surface area contributed by atoms with Gasteiger partial charge in [0.1, 0.15) is 0 Å². The van der Waals surface area contributed by atoms with Gasteiger partial charge in [-0.1, -0.05) is 11.2 Å². The van der Waals surface area contributed by atoms with Crippen LogP contribution in [-0.4, -0.2) is 11.4 Å². The fourth-order valence-electron chi connectivity index (χ4n) is 1.42. The predicted octanol–water partition coefficient (Wildman–Crippen LogP) is 2.95. The molecule has 0 unspecified atom stereocenters. The van der Waals surface area contributed by atoms with Crippen LogP contribution in [0.15, 0.2) is 33.7 Å². The quantitative estimate of drug-likeness (QED) is 0.790. The standard InChI is InChI=1S/C11H12N2OS/c1-7-3-4-8(10(5-7)15-2)9-6-11(12)13-14-9/h3-6H,1-2H3,(H2,12,13). The molecule has 0 amide bonds. The minimum atomic E-state index is 0.414. The second-order valence-corrected chi connectivity index (χ2v) is 4.17. The second-order valence-electron chi connectivity index (χ2n) is 3.32. The summed E-state index contributed by atoms with van der Waals surface area (Å²) in [5.74, 6) is 1.13. The molecule has 1 aromatic carbocycles. The van der Waals surface area contributed by atoms with E-state index in [0.29, 0.717) is 5.82 Å². The van der Waals surface area contributed by atoms with Gasteiger partial charge in [-0.15, -0.1) is 11.8 Å². The van der Waals surface area contributed by atoms with E-state index in [1.54, 1.807) is 17.8 Å². The summed E-state index contributed by atoms with van der Waals surface area (Å²) in [6, 6.07) is 7.94. The number of hydrogen-bond acceptors (Lipinski definition) is 4. The zero-order valence-electron chi connectivity index (χ0n) is 8.65. The maximum atomic E-state index is 5.53. The smallest absolute Gasteiger partial charge is 0.170 e. The lowest BCUT2D eigenvalue weighted by Crippen LogP contribution is -1.82. The largest absolute Gasteiger partial charge is 0.381 e. The SMILES string of the molecule is CSc1cc(C)ccc1-c1cc(N)no1. The summed E-state index contributed by atoms with van der Waals surface area (Å²) in [7, 11) is 0. The number of nitrogens with two attached hydrogens (primary N) is 1. The molecule has 0 saturated heterocycles. The molecule has 0 spiro atoms. The molecule has 15 heavy (non-hydrogen) atoms. The minimum absolute atomic E-state index is 0.414. The third-order valence-electron chi connectivity index (χ3n) is 2.15. The Morgan fingerprint density at radius 1 is 1.33 bits per heavy atom. The van der Waals surface area contributed by atoms with Gasteiger partial charge in [-0.2, -0.15) is 0 Å². The van der Waals surface area contributed by atoms with Gasteiger partial charge in [-0.3, -0.25) is 0 Å². The van der Waals surface area contributed by atoms with Gasteiger partial charge < -0.3 is 10.3 Å². The summed E-state index contributed by atoms with van der Waals surface area (Å²) in [4.78, 5) is 1.17. The van der Waals surface area contributed by atoms with Crippen molar-refractivity contribution in [2.75, 3.05) is 12.0 Å². The van der Waals surface area contributed by atoms with Crippen molar-refractivity contribution < 1.29 is 4.52 Å². The summed E-state index contributed by atoms with van der Waals surface area (Å²) in [5, 5.41) is 3.68. The summed E-state index contributed by atoms with van der Waals surface area (Å²) < 4.78 is 5.14. The van der Waals surface area contributed by atoms with Gasteiger partial charge in [0.25, 0.3) is 0 Å². The van der Waals surface area contributed by atoms with Crippen LogP contribution in [0.1, 0.15) is 5.56 Å². The molecule has 0 radical (unpaired) electrons. The van der Waals surface area contributed by atoms with Crippen molar-refractivity contribution in [3.8, 4) is 11.3 Å². The highest BCUT2D eigenvalue weighted by atomic mass is 32.2. The molecule has 0 fully saturated rings. The van der Waals surface area contributed by atoms with Gasteiger partial charge in [0.2, 0.25) is 0 Å². The Kier molecular flexibility index (Phi) is 2.68. The van der Waals surface area contributed by atoms with Gasteiger partial charge in [0, 0.05) is 16.5 Å². The molecule has 1 heterocycles. The van der Waals surface area contributed by atoms with Crippen molar-refractivity contribution >= 4 is 17.6 Å². The first kappa shape index (κ1) is 10.1. The van der Waals surface area contributed by atoms with E-state index in [-0.39, 0.29) is 0 Å². The van der Waals surface area contributed by atoms with Crippen molar-refractivity contribution in [3.63, 3.8) is 0 Å². The van der Waals surface area contributed by atoms with Crippen LogP contribution in [0.3, 0.4) is 0 Å². The lowest BCUT2D eigenvalue weighted by Gasteiger charge is -2.04. The van der Waals surface area contributed by atoms with E-state index in [4.69, 9.17) is 10.3 Å². The Labute approximate surface area is 92.6 Å². The zero-order chi connectivity index (χ0) is 10.8. The Morgan fingerprint density at radius 3 is 2.73 bits per heavy atom. The number of anilines is 1. The normalized spacial score (nSPS) is 10.5. The highest BCUT2D eigenvalue weighted by molar-refractivity contribution is 7.98. The highest BCUT2D eigenvalue weighted by Crippen LogP contribution is 2.31. The molecule has 0 aliphatic heterocycles. The zero-order valence-corrected chi connectivity index (χ0v) is 9.47. The van der Waals surface area contributed by atoms with Crippen molar-refractivity contribution in [2.24, 2.45) is 0 Å². The first-order chi connectivity index (χ1) is 7.20. The van der Waals surface area contributed by atoms with E-state index >= 15 is 0 Å². The van der Waals surface area contributed by atoms with Crippen molar-refractivity contribution in [1.82, 2.24) is 5.16 Å².